The number of alkyl halides is 1. The summed E-state index contributed by atoms with van der Waals surface area (Å²) in [5, 5.41) is 1.05. The second-order valence-electron chi connectivity index (χ2n) is 4.84. The lowest BCUT2D eigenvalue weighted by molar-refractivity contribution is 0.576. The molecule has 1 aromatic rings. The third kappa shape index (κ3) is 3.26. The van der Waals surface area contributed by atoms with Crippen molar-refractivity contribution < 1.29 is 8.42 Å². The molecule has 0 aliphatic carbocycles. The molecule has 0 saturated carbocycles. The van der Waals surface area contributed by atoms with E-state index in [1.807, 2.05) is 12.1 Å². The Kier molecular flexibility index (Phi) is 4.33. The SMILES string of the molecule is CS(=O)(=O)c1ccc(N2CCC(CCBr)C2)cc1. The predicted molar refractivity (Wildman–Crippen MR) is 78.3 cm³/mol. The summed E-state index contributed by atoms with van der Waals surface area (Å²) in [6.45, 7) is 2.14. The summed E-state index contributed by atoms with van der Waals surface area (Å²) in [6, 6.07) is 7.21. The van der Waals surface area contributed by atoms with Crippen molar-refractivity contribution in [3.63, 3.8) is 0 Å². The highest BCUT2D eigenvalue weighted by Gasteiger charge is 2.22. The molecule has 100 valence electrons. The molecule has 0 radical (unpaired) electrons. The quantitative estimate of drug-likeness (QED) is 0.796. The molecule has 2 rings (SSSR count). The lowest BCUT2D eigenvalue weighted by Gasteiger charge is -2.18. The third-order valence-electron chi connectivity index (χ3n) is 3.43. The van der Waals surface area contributed by atoms with E-state index in [2.05, 4.69) is 20.8 Å². The van der Waals surface area contributed by atoms with Crippen molar-refractivity contribution in [1.82, 2.24) is 0 Å². The number of hydrogen-bond donors (Lipinski definition) is 0. The molecule has 0 N–H and O–H groups in total. The minimum atomic E-state index is -3.09. The minimum absolute atomic E-state index is 0.391. The lowest BCUT2D eigenvalue weighted by atomic mass is 10.1. The van der Waals surface area contributed by atoms with Crippen LogP contribution < -0.4 is 4.90 Å². The van der Waals surface area contributed by atoms with Crippen molar-refractivity contribution in [3.8, 4) is 0 Å². The molecule has 1 fully saturated rings. The van der Waals surface area contributed by atoms with Crippen molar-refractivity contribution in [1.29, 1.82) is 0 Å². The zero-order chi connectivity index (χ0) is 13.2. The second-order valence-corrected chi connectivity index (χ2v) is 7.65. The van der Waals surface area contributed by atoms with Gasteiger partial charge in [0.05, 0.1) is 4.90 Å². The van der Waals surface area contributed by atoms with Gasteiger partial charge >= 0.3 is 0 Å². The highest BCUT2D eigenvalue weighted by Crippen LogP contribution is 2.26. The molecule has 1 unspecified atom stereocenters. The van der Waals surface area contributed by atoms with Gasteiger partial charge in [-0.1, -0.05) is 15.9 Å². The van der Waals surface area contributed by atoms with E-state index in [4.69, 9.17) is 0 Å². The lowest BCUT2D eigenvalue weighted by Crippen LogP contribution is -2.19. The summed E-state index contributed by atoms with van der Waals surface area (Å²) in [4.78, 5) is 2.72. The number of sulfone groups is 1. The van der Waals surface area contributed by atoms with Gasteiger partial charge in [-0.15, -0.1) is 0 Å². The molecule has 1 aliphatic heterocycles. The highest BCUT2D eigenvalue weighted by atomic mass is 79.9. The molecule has 0 spiro atoms. The topological polar surface area (TPSA) is 37.4 Å². The first kappa shape index (κ1) is 13.9. The molecule has 1 heterocycles. The molecule has 1 aromatic carbocycles. The number of halogens is 1. The number of anilines is 1. The fraction of sp³-hybridized carbons (Fsp3) is 0.538. The van der Waals surface area contributed by atoms with Crippen LogP contribution in [0.1, 0.15) is 12.8 Å². The van der Waals surface area contributed by atoms with Crippen LogP contribution in [0.4, 0.5) is 5.69 Å². The number of nitrogens with zero attached hydrogens (tertiary/aromatic N) is 1. The molecule has 1 aliphatic rings. The molecule has 0 amide bonds. The number of hydrogen-bond acceptors (Lipinski definition) is 3. The summed E-state index contributed by atoms with van der Waals surface area (Å²) in [6.07, 6.45) is 3.67. The Morgan fingerprint density at radius 3 is 2.56 bits per heavy atom. The van der Waals surface area contributed by atoms with Gasteiger partial charge in [-0.3, -0.25) is 0 Å². The van der Waals surface area contributed by atoms with Gasteiger partial charge in [-0.25, -0.2) is 8.42 Å². The molecule has 18 heavy (non-hydrogen) atoms. The van der Waals surface area contributed by atoms with Crippen LogP contribution in [0.2, 0.25) is 0 Å². The maximum atomic E-state index is 11.4. The Hall–Kier alpha value is -0.550. The monoisotopic (exact) mass is 331 g/mol. The van der Waals surface area contributed by atoms with Crippen LogP contribution in [0.25, 0.3) is 0 Å². The van der Waals surface area contributed by atoms with Crippen molar-refractivity contribution in [2.45, 2.75) is 17.7 Å². The molecule has 0 bridgehead atoms. The fourth-order valence-electron chi connectivity index (χ4n) is 2.36. The van der Waals surface area contributed by atoms with Crippen LogP contribution in [-0.2, 0) is 9.84 Å². The van der Waals surface area contributed by atoms with E-state index in [0.717, 1.165) is 30.0 Å². The van der Waals surface area contributed by atoms with E-state index >= 15 is 0 Å². The maximum Gasteiger partial charge on any atom is 0.175 e. The van der Waals surface area contributed by atoms with E-state index in [-0.39, 0.29) is 0 Å². The Bertz CT molecular complexity index is 498. The summed E-state index contributed by atoms with van der Waals surface area (Å²) in [5.74, 6) is 0.749. The third-order valence-corrected chi connectivity index (χ3v) is 5.02. The molecular formula is C13H18BrNO2S. The molecule has 1 atom stereocenters. The van der Waals surface area contributed by atoms with Crippen molar-refractivity contribution in [2.75, 3.05) is 29.6 Å². The first-order valence-electron chi connectivity index (χ1n) is 6.12. The van der Waals surface area contributed by atoms with Crippen LogP contribution in [0.3, 0.4) is 0 Å². The van der Waals surface area contributed by atoms with Gasteiger partial charge in [0, 0.05) is 30.4 Å². The molecule has 5 heteroatoms. The van der Waals surface area contributed by atoms with Gasteiger partial charge in [0.1, 0.15) is 0 Å². The summed E-state index contributed by atoms with van der Waals surface area (Å²) >= 11 is 3.48. The normalized spacial score (nSPS) is 20.3. The van der Waals surface area contributed by atoms with Gasteiger partial charge in [0.15, 0.2) is 9.84 Å². The molecule has 1 saturated heterocycles. The standard InChI is InChI=1S/C13H18BrNO2S/c1-18(16,17)13-4-2-12(3-5-13)15-9-7-11(10-15)6-8-14/h2-5,11H,6-10H2,1H3. The average molecular weight is 332 g/mol. The van der Waals surface area contributed by atoms with Crippen LogP contribution >= 0.6 is 15.9 Å². The summed E-state index contributed by atoms with van der Waals surface area (Å²) in [7, 11) is -3.09. The second kappa shape index (κ2) is 5.61. The Labute approximate surface area is 117 Å². The zero-order valence-electron chi connectivity index (χ0n) is 10.5. The van der Waals surface area contributed by atoms with Crippen molar-refractivity contribution in [2.24, 2.45) is 5.92 Å². The van der Waals surface area contributed by atoms with Gasteiger partial charge in [-0.2, -0.15) is 0 Å². The van der Waals surface area contributed by atoms with Gasteiger partial charge in [0.2, 0.25) is 0 Å². The molecular weight excluding hydrogens is 314 g/mol. The first-order valence-corrected chi connectivity index (χ1v) is 9.13. The minimum Gasteiger partial charge on any atom is -0.371 e. The smallest absolute Gasteiger partial charge is 0.175 e. The Morgan fingerprint density at radius 2 is 2.00 bits per heavy atom. The van der Waals surface area contributed by atoms with Crippen molar-refractivity contribution in [3.05, 3.63) is 24.3 Å². The van der Waals surface area contributed by atoms with Crippen molar-refractivity contribution >= 4 is 31.5 Å². The average Bonchev–Trinajstić information content (AvgIpc) is 2.77. The number of benzene rings is 1. The van der Waals surface area contributed by atoms with E-state index in [1.165, 1.54) is 19.1 Å². The molecule has 3 nitrogen and oxygen atoms in total. The first-order chi connectivity index (χ1) is 8.50. The van der Waals surface area contributed by atoms with Crippen LogP contribution in [0.15, 0.2) is 29.2 Å². The van der Waals surface area contributed by atoms with E-state index in [0.29, 0.717) is 4.90 Å². The van der Waals surface area contributed by atoms with Crippen LogP contribution in [0, 0.1) is 5.92 Å². The summed E-state index contributed by atoms with van der Waals surface area (Å²) in [5.41, 5.74) is 1.12. The maximum absolute atomic E-state index is 11.4. The van der Waals surface area contributed by atoms with Gasteiger partial charge < -0.3 is 4.90 Å². The highest BCUT2D eigenvalue weighted by molar-refractivity contribution is 9.09. The Morgan fingerprint density at radius 1 is 1.33 bits per heavy atom. The Balaban J connectivity index is 2.07. The largest absolute Gasteiger partial charge is 0.371 e. The number of rotatable bonds is 4. The fourth-order valence-corrected chi connectivity index (χ4v) is 3.64. The van der Waals surface area contributed by atoms with E-state index in [9.17, 15) is 8.42 Å². The zero-order valence-corrected chi connectivity index (χ0v) is 12.9. The van der Waals surface area contributed by atoms with Gasteiger partial charge in [-0.05, 0) is 43.0 Å². The summed E-state index contributed by atoms with van der Waals surface area (Å²) < 4.78 is 22.8. The molecule has 0 aromatic heterocycles. The van der Waals surface area contributed by atoms with Gasteiger partial charge in [0.25, 0.3) is 0 Å². The predicted octanol–water partition coefficient (Wildman–Crippen LogP) is 2.70. The van der Waals surface area contributed by atoms with E-state index < -0.39 is 9.84 Å². The van der Waals surface area contributed by atoms with E-state index in [1.54, 1.807) is 12.1 Å². The van der Waals surface area contributed by atoms with Crippen LogP contribution in [-0.4, -0.2) is 33.1 Å². The van der Waals surface area contributed by atoms with Crippen LogP contribution in [0.5, 0.6) is 0 Å².